The van der Waals surface area contributed by atoms with Gasteiger partial charge < -0.3 is 0 Å². The molecule has 0 radical (unpaired) electrons. The molecule has 66 valence electrons. The van der Waals surface area contributed by atoms with Crippen molar-refractivity contribution in [1.82, 2.24) is 0 Å². The summed E-state index contributed by atoms with van der Waals surface area (Å²) < 4.78 is 25.4. The lowest BCUT2D eigenvalue weighted by atomic mass is 10.3. The molecule has 3 nitrogen and oxygen atoms in total. The Labute approximate surface area is 68.2 Å². The van der Waals surface area contributed by atoms with Crippen molar-refractivity contribution >= 4 is 10.1 Å². The first-order chi connectivity index (χ1) is 5.06. The molecule has 0 atom stereocenters. The largest absolute Gasteiger partial charge is 0.270 e. The van der Waals surface area contributed by atoms with E-state index in [1.807, 2.05) is 19.1 Å². The molecule has 0 aliphatic heterocycles. The molecule has 0 aliphatic rings. The Kier molecular flexibility index (Phi) is 5.15. The maximum atomic E-state index is 10.4. The van der Waals surface area contributed by atoms with Gasteiger partial charge in [-0.1, -0.05) is 12.2 Å². The fourth-order valence-electron chi connectivity index (χ4n) is 0.578. The van der Waals surface area contributed by atoms with Crippen LogP contribution in [0.15, 0.2) is 12.2 Å². The van der Waals surface area contributed by atoms with Gasteiger partial charge in [-0.15, -0.1) is 0 Å². The summed E-state index contributed by atoms with van der Waals surface area (Å²) in [7, 11) is -3.24. The van der Waals surface area contributed by atoms with Crippen LogP contribution in [0.25, 0.3) is 0 Å². The van der Waals surface area contributed by atoms with Crippen LogP contribution < -0.4 is 0 Å². The smallest absolute Gasteiger partial charge is 0.264 e. The molecule has 0 heterocycles. The highest BCUT2D eigenvalue weighted by atomic mass is 32.2. The second kappa shape index (κ2) is 5.32. The zero-order valence-electron chi connectivity index (χ0n) is 6.91. The Bertz CT molecular complexity index is 204. The lowest BCUT2D eigenvalue weighted by molar-refractivity contribution is 0.317. The zero-order chi connectivity index (χ0) is 8.74. The predicted molar refractivity (Wildman–Crippen MR) is 44.8 cm³/mol. The van der Waals surface area contributed by atoms with Crippen molar-refractivity contribution in [2.75, 3.05) is 12.9 Å². The van der Waals surface area contributed by atoms with Crippen molar-refractivity contribution in [3.05, 3.63) is 12.2 Å². The van der Waals surface area contributed by atoms with Gasteiger partial charge in [-0.25, -0.2) is 0 Å². The van der Waals surface area contributed by atoms with Gasteiger partial charge in [-0.2, -0.15) is 8.42 Å². The van der Waals surface area contributed by atoms with Crippen LogP contribution in [-0.4, -0.2) is 21.3 Å². The first kappa shape index (κ1) is 10.7. The van der Waals surface area contributed by atoms with E-state index in [0.717, 1.165) is 19.1 Å². The molecule has 0 rings (SSSR count). The van der Waals surface area contributed by atoms with Crippen LogP contribution in [0.4, 0.5) is 0 Å². The first-order valence-electron chi connectivity index (χ1n) is 3.52. The molecule has 0 bridgehead atoms. The van der Waals surface area contributed by atoms with E-state index in [1.54, 1.807) is 0 Å². The monoisotopic (exact) mass is 178 g/mol. The number of rotatable bonds is 5. The molecular formula is C7H14O3S. The van der Waals surface area contributed by atoms with E-state index in [9.17, 15) is 8.42 Å². The molecule has 4 heteroatoms. The van der Waals surface area contributed by atoms with Crippen molar-refractivity contribution in [3.63, 3.8) is 0 Å². The van der Waals surface area contributed by atoms with Crippen molar-refractivity contribution in [3.8, 4) is 0 Å². The van der Waals surface area contributed by atoms with E-state index < -0.39 is 10.1 Å². The standard InChI is InChI=1S/C7H14O3S/c1-3-4-5-6-7-10-11(2,8)9/h3-4H,5-7H2,1-2H3/b4-3+. The molecule has 0 saturated carbocycles. The Morgan fingerprint density at radius 2 is 2.09 bits per heavy atom. The highest BCUT2D eigenvalue weighted by Crippen LogP contribution is 1.94. The molecule has 0 aromatic heterocycles. The van der Waals surface area contributed by atoms with Gasteiger partial charge in [0.15, 0.2) is 0 Å². The van der Waals surface area contributed by atoms with Gasteiger partial charge in [0.05, 0.1) is 12.9 Å². The molecule has 0 spiro atoms. The normalized spacial score (nSPS) is 12.5. The molecule has 11 heavy (non-hydrogen) atoms. The first-order valence-corrected chi connectivity index (χ1v) is 5.33. The van der Waals surface area contributed by atoms with E-state index in [0.29, 0.717) is 0 Å². The number of hydrogen-bond donors (Lipinski definition) is 0. The fraction of sp³-hybridized carbons (Fsp3) is 0.714. The van der Waals surface area contributed by atoms with Gasteiger partial charge in [-0.05, 0) is 19.8 Å². The topological polar surface area (TPSA) is 43.4 Å². The van der Waals surface area contributed by atoms with Gasteiger partial charge in [0.1, 0.15) is 0 Å². The molecule has 0 aliphatic carbocycles. The summed E-state index contributed by atoms with van der Waals surface area (Å²) in [5, 5.41) is 0. The third kappa shape index (κ3) is 9.65. The minimum Gasteiger partial charge on any atom is -0.270 e. The van der Waals surface area contributed by atoms with Crippen LogP contribution in [0.1, 0.15) is 19.8 Å². The van der Waals surface area contributed by atoms with Crippen molar-refractivity contribution in [2.24, 2.45) is 0 Å². The van der Waals surface area contributed by atoms with Crippen LogP contribution in [0, 0.1) is 0 Å². The molecule has 0 aromatic rings. The SMILES string of the molecule is C/C=C/CCCOS(C)(=O)=O. The minimum absolute atomic E-state index is 0.281. The van der Waals surface area contributed by atoms with Gasteiger partial charge in [0, 0.05) is 0 Å². The fourth-order valence-corrected chi connectivity index (χ4v) is 0.999. The second-order valence-electron chi connectivity index (χ2n) is 2.24. The quantitative estimate of drug-likeness (QED) is 0.362. The summed E-state index contributed by atoms with van der Waals surface area (Å²) in [5.41, 5.74) is 0. The summed E-state index contributed by atoms with van der Waals surface area (Å²) in [4.78, 5) is 0. The highest BCUT2D eigenvalue weighted by Gasteiger charge is 1.98. The lowest BCUT2D eigenvalue weighted by Crippen LogP contribution is -2.03. The average Bonchev–Trinajstić information content (AvgIpc) is 1.85. The summed E-state index contributed by atoms with van der Waals surface area (Å²) in [5.74, 6) is 0. The van der Waals surface area contributed by atoms with Crippen molar-refractivity contribution in [2.45, 2.75) is 19.8 Å². The maximum Gasteiger partial charge on any atom is 0.264 e. The maximum absolute atomic E-state index is 10.4. The molecule has 0 amide bonds. The van der Waals surface area contributed by atoms with Crippen LogP contribution in [0.5, 0.6) is 0 Å². The summed E-state index contributed by atoms with van der Waals surface area (Å²) in [6.07, 6.45) is 6.58. The van der Waals surface area contributed by atoms with Crippen LogP contribution in [-0.2, 0) is 14.3 Å². The van der Waals surface area contributed by atoms with E-state index in [2.05, 4.69) is 4.18 Å². The van der Waals surface area contributed by atoms with E-state index in [-0.39, 0.29) is 6.61 Å². The number of allylic oxidation sites excluding steroid dienone is 2. The number of hydrogen-bond acceptors (Lipinski definition) is 3. The Hall–Kier alpha value is -0.350. The van der Waals surface area contributed by atoms with Gasteiger partial charge in [-0.3, -0.25) is 4.18 Å². The van der Waals surface area contributed by atoms with Crippen LogP contribution in [0.3, 0.4) is 0 Å². The summed E-state index contributed by atoms with van der Waals surface area (Å²) in [6.45, 7) is 2.21. The highest BCUT2D eigenvalue weighted by molar-refractivity contribution is 7.85. The van der Waals surface area contributed by atoms with Crippen molar-refractivity contribution < 1.29 is 12.6 Å². The molecular weight excluding hydrogens is 164 g/mol. The molecule has 0 unspecified atom stereocenters. The van der Waals surface area contributed by atoms with Gasteiger partial charge in [0.2, 0.25) is 0 Å². The van der Waals surface area contributed by atoms with Gasteiger partial charge >= 0.3 is 0 Å². The van der Waals surface area contributed by atoms with Crippen LogP contribution in [0.2, 0.25) is 0 Å². The number of unbranched alkanes of at least 4 members (excludes halogenated alkanes) is 1. The minimum atomic E-state index is -3.24. The third-order valence-electron chi connectivity index (χ3n) is 1.05. The Balaban J connectivity index is 3.29. The third-order valence-corrected chi connectivity index (χ3v) is 1.64. The van der Waals surface area contributed by atoms with E-state index in [1.165, 1.54) is 0 Å². The molecule has 0 saturated heterocycles. The second-order valence-corrected chi connectivity index (χ2v) is 3.88. The molecule has 0 aromatic carbocycles. The van der Waals surface area contributed by atoms with Crippen molar-refractivity contribution in [1.29, 1.82) is 0 Å². The van der Waals surface area contributed by atoms with Gasteiger partial charge in [0.25, 0.3) is 10.1 Å². The van der Waals surface area contributed by atoms with E-state index >= 15 is 0 Å². The Morgan fingerprint density at radius 1 is 1.45 bits per heavy atom. The lowest BCUT2D eigenvalue weighted by Gasteiger charge is -1.97. The summed E-state index contributed by atoms with van der Waals surface area (Å²) in [6, 6.07) is 0. The Morgan fingerprint density at radius 3 is 2.55 bits per heavy atom. The average molecular weight is 178 g/mol. The molecule has 0 fully saturated rings. The van der Waals surface area contributed by atoms with E-state index in [4.69, 9.17) is 0 Å². The summed E-state index contributed by atoms with van der Waals surface area (Å²) >= 11 is 0. The van der Waals surface area contributed by atoms with Crippen LogP contribution >= 0.6 is 0 Å². The predicted octanol–water partition coefficient (Wildman–Crippen LogP) is 1.32. The zero-order valence-corrected chi connectivity index (χ0v) is 7.73. The molecule has 0 N–H and O–H groups in total.